The zero-order chi connectivity index (χ0) is 6.53. The monoisotopic (exact) mass is 128 g/mol. The third kappa shape index (κ3) is 1.93. The molecule has 3 nitrogen and oxygen atoms in total. The molecular weight excluding hydrogens is 116 g/mol. The van der Waals surface area contributed by atoms with Gasteiger partial charge in [-0.05, 0) is 6.42 Å². The topological polar surface area (TPSA) is 35.5 Å². The molecule has 0 radical (unpaired) electrons. The molecule has 0 aromatic heterocycles. The van der Waals surface area contributed by atoms with E-state index in [4.69, 9.17) is 5.11 Å². The van der Waals surface area contributed by atoms with Crippen LogP contribution in [0.2, 0.25) is 0 Å². The van der Waals surface area contributed by atoms with Crippen LogP contribution in [-0.4, -0.2) is 29.8 Å². The summed E-state index contributed by atoms with van der Waals surface area (Å²) in [5.41, 5.74) is 0. The molecule has 3 heteroatoms. The first-order chi connectivity index (χ1) is 4.43. The van der Waals surface area contributed by atoms with Gasteiger partial charge in [0.2, 0.25) is 0 Å². The van der Waals surface area contributed by atoms with E-state index in [0.29, 0.717) is 0 Å². The lowest BCUT2D eigenvalue weighted by Gasteiger charge is -2.12. The fraction of sp³-hybridized carbons (Fsp3) is 0.667. The smallest absolute Gasteiger partial charge is 0.0867 e. The lowest BCUT2D eigenvalue weighted by Crippen LogP contribution is -2.22. The first kappa shape index (κ1) is 6.42. The van der Waals surface area contributed by atoms with E-state index in [0.717, 1.165) is 19.6 Å². The number of aliphatic hydroxyl groups excluding tert-OH is 1. The summed E-state index contributed by atoms with van der Waals surface area (Å²) in [6.45, 7) is 2.12. The maximum Gasteiger partial charge on any atom is 0.0867 e. The predicted octanol–water partition coefficient (Wildman–Crippen LogP) is -0.297. The zero-order valence-corrected chi connectivity index (χ0v) is 5.38. The van der Waals surface area contributed by atoms with E-state index in [2.05, 4.69) is 10.2 Å². The van der Waals surface area contributed by atoms with E-state index < -0.39 is 0 Å². The molecule has 2 N–H and O–H groups in total. The molecule has 9 heavy (non-hydrogen) atoms. The van der Waals surface area contributed by atoms with Crippen LogP contribution in [0.25, 0.3) is 0 Å². The van der Waals surface area contributed by atoms with Gasteiger partial charge in [0.25, 0.3) is 0 Å². The highest BCUT2D eigenvalue weighted by Gasteiger charge is 2.00. The summed E-state index contributed by atoms with van der Waals surface area (Å²) in [6, 6.07) is 0. The Morgan fingerprint density at radius 2 is 2.56 bits per heavy atom. The van der Waals surface area contributed by atoms with Crippen molar-refractivity contribution in [2.75, 3.05) is 19.8 Å². The van der Waals surface area contributed by atoms with Crippen LogP contribution in [0.1, 0.15) is 6.42 Å². The summed E-state index contributed by atoms with van der Waals surface area (Å²) in [5, 5.41) is 11.5. The van der Waals surface area contributed by atoms with Gasteiger partial charge in [0.05, 0.1) is 6.67 Å². The quantitative estimate of drug-likeness (QED) is 0.548. The van der Waals surface area contributed by atoms with Crippen LogP contribution in [0.5, 0.6) is 0 Å². The Hall–Kier alpha value is -0.700. The molecule has 0 aromatic rings. The van der Waals surface area contributed by atoms with E-state index in [1.807, 2.05) is 12.4 Å². The Morgan fingerprint density at radius 1 is 1.67 bits per heavy atom. The first-order valence-electron chi connectivity index (χ1n) is 3.18. The highest BCUT2D eigenvalue weighted by molar-refractivity contribution is 4.86. The molecule has 0 amide bonds. The van der Waals surface area contributed by atoms with Crippen LogP contribution >= 0.6 is 0 Å². The standard InChI is InChI=1S/C6H12N2O/c9-5-1-3-8-4-2-7-6-8/h2,4,7,9H,1,3,5-6H2. The Bertz CT molecular complexity index is 103. The number of hydrogen-bond donors (Lipinski definition) is 2. The lowest BCUT2D eigenvalue weighted by molar-refractivity contribution is 0.261. The van der Waals surface area contributed by atoms with Crippen LogP contribution in [0.4, 0.5) is 0 Å². The third-order valence-electron chi connectivity index (χ3n) is 1.30. The highest BCUT2D eigenvalue weighted by atomic mass is 16.3. The van der Waals surface area contributed by atoms with Crippen LogP contribution < -0.4 is 5.32 Å². The van der Waals surface area contributed by atoms with Crippen molar-refractivity contribution in [1.29, 1.82) is 0 Å². The molecule has 1 aliphatic rings. The minimum atomic E-state index is 0.282. The second kappa shape index (κ2) is 3.35. The second-order valence-electron chi connectivity index (χ2n) is 2.07. The van der Waals surface area contributed by atoms with Crippen molar-refractivity contribution in [3.05, 3.63) is 12.4 Å². The molecule has 52 valence electrons. The van der Waals surface area contributed by atoms with E-state index in [9.17, 15) is 0 Å². The molecule has 0 bridgehead atoms. The van der Waals surface area contributed by atoms with Crippen molar-refractivity contribution in [3.8, 4) is 0 Å². The van der Waals surface area contributed by atoms with Gasteiger partial charge in [0, 0.05) is 25.6 Å². The third-order valence-corrected chi connectivity index (χ3v) is 1.30. The van der Waals surface area contributed by atoms with Crippen LogP contribution in [-0.2, 0) is 0 Å². The van der Waals surface area contributed by atoms with Crippen molar-refractivity contribution in [2.45, 2.75) is 6.42 Å². The summed E-state index contributed by atoms with van der Waals surface area (Å²) in [5.74, 6) is 0. The SMILES string of the molecule is OCCCN1C=CNC1. The van der Waals surface area contributed by atoms with Crippen molar-refractivity contribution in [2.24, 2.45) is 0 Å². The van der Waals surface area contributed by atoms with Gasteiger partial charge in [-0.25, -0.2) is 0 Å². The average Bonchev–Trinajstić information content (AvgIpc) is 2.34. The summed E-state index contributed by atoms with van der Waals surface area (Å²) in [4.78, 5) is 2.12. The number of nitrogens with zero attached hydrogens (tertiary/aromatic N) is 1. The molecule has 1 aliphatic heterocycles. The fourth-order valence-electron chi connectivity index (χ4n) is 0.808. The molecule has 0 fully saturated rings. The van der Waals surface area contributed by atoms with Gasteiger partial charge in [-0.1, -0.05) is 0 Å². The number of nitrogens with one attached hydrogen (secondary N) is 1. The maximum atomic E-state index is 8.46. The fourth-order valence-corrected chi connectivity index (χ4v) is 0.808. The first-order valence-corrected chi connectivity index (χ1v) is 3.18. The molecule has 0 aliphatic carbocycles. The zero-order valence-electron chi connectivity index (χ0n) is 5.38. The molecule has 0 unspecified atom stereocenters. The Kier molecular flexibility index (Phi) is 2.39. The number of aliphatic hydroxyl groups is 1. The summed E-state index contributed by atoms with van der Waals surface area (Å²) < 4.78 is 0. The van der Waals surface area contributed by atoms with E-state index in [-0.39, 0.29) is 6.61 Å². The van der Waals surface area contributed by atoms with Crippen molar-refractivity contribution < 1.29 is 5.11 Å². The minimum absolute atomic E-state index is 0.282. The van der Waals surface area contributed by atoms with Gasteiger partial charge in [-0.3, -0.25) is 0 Å². The van der Waals surface area contributed by atoms with Crippen LogP contribution in [0, 0.1) is 0 Å². The van der Waals surface area contributed by atoms with Crippen molar-refractivity contribution >= 4 is 0 Å². The van der Waals surface area contributed by atoms with Gasteiger partial charge >= 0.3 is 0 Å². The highest BCUT2D eigenvalue weighted by Crippen LogP contribution is 1.94. The van der Waals surface area contributed by atoms with Crippen molar-refractivity contribution in [3.63, 3.8) is 0 Å². The molecule has 1 rings (SSSR count). The summed E-state index contributed by atoms with van der Waals surface area (Å²) >= 11 is 0. The largest absolute Gasteiger partial charge is 0.396 e. The number of hydrogen-bond acceptors (Lipinski definition) is 3. The molecule has 0 spiro atoms. The van der Waals surface area contributed by atoms with Gasteiger partial charge in [0.15, 0.2) is 0 Å². The Morgan fingerprint density at radius 3 is 3.11 bits per heavy atom. The normalized spacial score (nSPS) is 16.3. The van der Waals surface area contributed by atoms with Crippen LogP contribution in [0.15, 0.2) is 12.4 Å². The molecule has 0 saturated carbocycles. The van der Waals surface area contributed by atoms with Gasteiger partial charge in [-0.2, -0.15) is 0 Å². The van der Waals surface area contributed by atoms with Gasteiger partial charge in [0.1, 0.15) is 0 Å². The molecule has 0 aromatic carbocycles. The summed E-state index contributed by atoms with van der Waals surface area (Å²) in [6.07, 6.45) is 4.76. The Labute approximate surface area is 55.0 Å². The molecule has 0 atom stereocenters. The molecule has 1 heterocycles. The van der Waals surface area contributed by atoms with Gasteiger partial charge in [-0.15, -0.1) is 0 Å². The minimum Gasteiger partial charge on any atom is -0.396 e. The summed E-state index contributed by atoms with van der Waals surface area (Å²) in [7, 11) is 0. The second-order valence-corrected chi connectivity index (χ2v) is 2.07. The van der Waals surface area contributed by atoms with E-state index in [1.54, 1.807) is 0 Å². The van der Waals surface area contributed by atoms with Gasteiger partial charge < -0.3 is 15.3 Å². The Balaban J connectivity index is 2.05. The average molecular weight is 128 g/mol. The van der Waals surface area contributed by atoms with E-state index in [1.165, 1.54) is 0 Å². The number of rotatable bonds is 3. The van der Waals surface area contributed by atoms with Crippen LogP contribution in [0.3, 0.4) is 0 Å². The molecule has 0 saturated heterocycles. The predicted molar refractivity (Wildman–Crippen MR) is 35.6 cm³/mol. The molecular formula is C6H12N2O. The van der Waals surface area contributed by atoms with E-state index >= 15 is 0 Å². The maximum absolute atomic E-state index is 8.46. The lowest BCUT2D eigenvalue weighted by atomic mass is 10.4. The van der Waals surface area contributed by atoms with Crippen molar-refractivity contribution in [1.82, 2.24) is 10.2 Å².